The van der Waals surface area contributed by atoms with Crippen molar-refractivity contribution in [2.75, 3.05) is 11.9 Å². The first-order chi connectivity index (χ1) is 13.4. The van der Waals surface area contributed by atoms with Crippen molar-refractivity contribution >= 4 is 63.3 Å². The van der Waals surface area contributed by atoms with Crippen LogP contribution < -0.4 is 5.32 Å². The molecule has 1 aliphatic rings. The number of hydrogen-bond donors (Lipinski definition) is 1. The molecule has 1 fully saturated rings. The summed E-state index contributed by atoms with van der Waals surface area (Å²) in [4.78, 5) is 31.1. The highest BCUT2D eigenvalue weighted by Gasteiger charge is 2.35. The zero-order valence-corrected chi connectivity index (χ0v) is 17.1. The van der Waals surface area contributed by atoms with Crippen LogP contribution >= 0.6 is 35.0 Å². The van der Waals surface area contributed by atoms with Gasteiger partial charge in [-0.3, -0.25) is 14.5 Å². The molecule has 1 saturated heterocycles. The van der Waals surface area contributed by atoms with Crippen LogP contribution in [0.3, 0.4) is 0 Å². The number of hydrogen-bond acceptors (Lipinski definition) is 4. The minimum atomic E-state index is -0.659. The first-order valence-corrected chi connectivity index (χ1v) is 10.1. The topological polar surface area (TPSA) is 61.8 Å². The predicted molar refractivity (Wildman–Crippen MR) is 112 cm³/mol. The maximum Gasteiger partial charge on any atom is 0.238 e. The average molecular weight is 440 g/mol. The summed E-state index contributed by atoms with van der Waals surface area (Å²) < 4.78 is 13.0. The molecule has 0 radical (unpaired) electrons. The van der Waals surface area contributed by atoms with Gasteiger partial charge in [-0.2, -0.15) is 0 Å². The lowest BCUT2D eigenvalue weighted by atomic mass is 10.2. The van der Waals surface area contributed by atoms with Crippen molar-refractivity contribution in [2.24, 2.45) is 4.99 Å². The third kappa shape index (κ3) is 5.04. The Bertz CT molecular complexity index is 917. The molecule has 0 spiro atoms. The summed E-state index contributed by atoms with van der Waals surface area (Å²) in [5.41, 5.74) is 0.948. The summed E-state index contributed by atoms with van der Waals surface area (Å²) in [6, 6.07) is 10.3. The standard InChI is InChI=1S/C19H16Cl2FN3O2S/c1-2-25-17(26)10-16(18(27)23-14-5-3-13(22)4-6-14)28-19(25)24-15-8-11(20)7-12(21)9-15/h3-9,16H,2,10H2,1H3,(H,23,27). The van der Waals surface area contributed by atoms with Gasteiger partial charge >= 0.3 is 0 Å². The molecule has 1 N–H and O–H groups in total. The van der Waals surface area contributed by atoms with Crippen LogP contribution in [0.25, 0.3) is 0 Å². The highest BCUT2D eigenvalue weighted by Crippen LogP contribution is 2.31. The molecule has 0 aliphatic carbocycles. The quantitative estimate of drug-likeness (QED) is 0.719. The van der Waals surface area contributed by atoms with Crippen LogP contribution in [0.2, 0.25) is 10.0 Å². The van der Waals surface area contributed by atoms with E-state index < -0.39 is 11.1 Å². The molecule has 5 nitrogen and oxygen atoms in total. The van der Waals surface area contributed by atoms with Crippen molar-refractivity contribution in [3.05, 3.63) is 58.3 Å². The number of amidine groups is 1. The van der Waals surface area contributed by atoms with Crippen LogP contribution in [0.5, 0.6) is 0 Å². The summed E-state index contributed by atoms with van der Waals surface area (Å²) >= 11 is 13.2. The van der Waals surface area contributed by atoms with E-state index >= 15 is 0 Å². The SMILES string of the molecule is CCN1C(=O)CC(C(=O)Nc2ccc(F)cc2)SC1=Nc1cc(Cl)cc(Cl)c1. The molecular weight excluding hydrogens is 424 g/mol. The Morgan fingerprint density at radius 1 is 1.25 bits per heavy atom. The molecule has 3 rings (SSSR count). The summed E-state index contributed by atoms with van der Waals surface area (Å²) in [6.45, 7) is 2.25. The molecule has 28 heavy (non-hydrogen) atoms. The zero-order chi connectivity index (χ0) is 20.3. The Balaban J connectivity index is 1.83. The van der Waals surface area contributed by atoms with Gasteiger partial charge in [-0.05, 0) is 49.4 Å². The summed E-state index contributed by atoms with van der Waals surface area (Å²) in [5, 5.41) is 3.29. The third-order valence-corrected chi connectivity index (χ3v) is 5.56. The fourth-order valence-electron chi connectivity index (χ4n) is 2.62. The number of carbonyl (C=O) groups is 2. The number of rotatable bonds is 4. The van der Waals surface area contributed by atoms with Crippen LogP contribution in [-0.4, -0.2) is 33.7 Å². The van der Waals surface area contributed by atoms with Crippen molar-refractivity contribution in [3.8, 4) is 0 Å². The van der Waals surface area contributed by atoms with Gasteiger partial charge in [0.1, 0.15) is 11.1 Å². The van der Waals surface area contributed by atoms with Gasteiger partial charge in [-0.15, -0.1) is 0 Å². The van der Waals surface area contributed by atoms with Crippen molar-refractivity contribution in [2.45, 2.75) is 18.6 Å². The van der Waals surface area contributed by atoms with Gasteiger partial charge in [-0.25, -0.2) is 9.38 Å². The average Bonchev–Trinajstić information content (AvgIpc) is 2.62. The normalized spacial score (nSPS) is 18.4. The van der Waals surface area contributed by atoms with E-state index in [1.807, 2.05) is 6.92 Å². The van der Waals surface area contributed by atoms with E-state index in [4.69, 9.17) is 23.2 Å². The molecule has 1 atom stereocenters. The van der Waals surface area contributed by atoms with Crippen molar-refractivity contribution in [1.82, 2.24) is 4.90 Å². The number of thioether (sulfide) groups is 1. The molecule has 1 heterocycles. The van der Waals surface area contributed by atoms with E-state index in [1.54, 1.807) is 18.2 Å². The van der Waals surface area contributed by atoms with Gasteiger partial charge in [-0.1, -0.05) is 35.0 Å². The van der Waals surface area contributed by atoms with E-state index in [9.17, 15) is 14.0 Å². The van der Waals surface area contributed by atoms with E-state index in [1.165, 1.54) is 40.9 Å². The van der Waals surface area contributed by atoms with E-state index in [-0.39, 0.29) is 18.2 Å². The van der Waals surface area contributed by atoms with Gasteiger partial charge in [0.25, 0.3) is 0 Å². The van der Waals surface area contributed by atoms with Crippen LogP contribution in [0.1, 0.15) is 13.3 Å². The Hall–Kier alpha value is -2.09. The Labute approximate surface area is 175 Å². The second-order valence-corrected chi connectivity index (χ2v) is 8.01. The Morgan fingerprint density at radius 2 is 1.89 bits per heavy atom. The lowest BCUT2D eigenvalue weighted by Crippen LogP contribution is -2.45. The smallest absolute Gasteiger partial charge is 0.238 e. The van der Waals surface area contributed by atoms with Gasteiger partial charge < -0.3 is 5.32 Å². The summed E-state index contributed by atoms with van der Waals surface area (Å²) in [5.74, 6) is -0.946. The molecule has 9 heteroatoms. The molecule has 2 aromatic carbocycles. The van der Waals surface area contributed by atoms with E-state index in [0.717, 1.165) is 0 Å². The number of halogens is 3. The van der Waals surface area contributed by atoms with Crippen LogP contribution in [-0.2, 0) is 9.59 Å². The molecule has 1 unspecified atom stereocenters. The minimum absolute atomic E-state index is 0.0425. The molecular formula is C19H16Cl2FN3O2S. The van der Waals surface area contributed by atoms with Crippen LogP contribution in [0, 0.1) is 5.82 Å². The van der Waals surface area contributed by atoms with Crippen molar-refractivity contribution in [1.29, 1.82) is 0 Å². The largest absolute Gasteiger partial charge is 0.325 e. The summed E-state index contributed by atoms with van der Waals surface area (Å²) in [7, 11) is 0. The fraction of sp³-hybridized carbons (Fsp3) is 0.211. The lowest BCUT2D eigenvalue weighted by Gasteiger charge is -2.30. The molecule has 2 aromatic rings. The van der Waals surface area contributed by atoms with Gasteiger partial charge in [0, 0.05) is 28.7 Å². The lowest BCUT2D eigenvalue weighted by molar-refractivity contribution is -0.129. The number of benzene rings is 2. The van der Waals surface area contributed by atoms with Crippen LogP contribution in [0.4, 0.5) is 15.8 Å². The number of nitrogens with one attached hydrogen (secondary N) is 1. The van der Waals surface area contributed by atoms with Crippen LogP contribution in [0.15, 0.2) is 47.5 Å². The molecule has 0 bridgehead atoms. The minimum Gasteiger partial charge on any atom is -0.325 e. The van der Waals surface area contributed by atoms with E-state index in [2.05, 4.69) is 10.3 Å². The number of anilines is 1. The third-order valence-electron chi connectivity index (χ3n) is 3.93. The zero-order valence-electron chi connectivity index (χ0n) is 14.8. The first kappa shape index (κ1) is 20.6. The monoisotopic (exact) mass is 439 g/mol. The molecule has 1 aliphatic heterocycles. The van der Waals surface area contributed by atoms with Gasteiger partial charge in [0.05, 0.1) is 5.69 Å². The number of carbonyl (C=O) groups excluding carboxylic acids is 2. The maximum absolute atomic E-state index is 13.0. The highest BCUT2D eigenvalue weighted by atomic mass is 35.5. The Morgan fingerprint density at radius 3 is 2.50 bits per heavy atom. The fourth-order valence-corrected chi connectivity index (χ4v) is 4.30. The highest BCUT2D eigenvalue weighted by molar-refractivity contribution is 8.15. The Kier molecular flexibility index (Phi) is 6.59. The predicted octanol–water partition coefficient (Wildman–Crippen LogP) is 5.11. The van der Waals surface area contributed by atoms with Crippen molar-refractivity contribution in [3.63, 3.8) is 0 Å². The second-order valence-electron chi connectivity index (χ2n) is 5.97. The number of nitrogens with zero attached hydrogens (tertiary/aromatic N) is 2. The molecule has 146 valence electrons. The second kappa shape index (κ2) is 8.94. The number of aliphatic imine (C=N–C) groups is 1. The van der Waals surface area contributed by atoms with Gasteiger partial charge in [0.15, 0.2) is 5.17 Å². The van der Waals surface area contributed by atoms with Crippen molar-refractivity contribution < 1.29 is 14.0 Å². The first-order valence-electron chi connectivity index (χ1n) is 8.44. The number of amides is 2. The maximum atomic E-state index is 13.0. The van der Waals surface area contributed by atoms with Gasteiger partial charge in [0.2, 0.25) is 11.8 Å². The molecule has 0 aromatic heterocycles. The van der Waals surface area contributed by atoms with E-state index in [0.29, 0.717) is 33.1 Å². The summed E-state index contributed by atoms with van der Waals surface area (Å²) in [6.07, 6.45) is 0.0425. The molecule has 0 saturated carbocycles. The molecule has 2 amide bonds.